The number of para-hydroxylation sites is 1. The van der Waals surface area contributed by atoms with Gasteiger partial charge in [0.15, 0.2) is 11.6 Å². The van der Waals surface area contributed by atoms with Crippen molar-refractivity contribution in [3.05, 3.63) is 54.1 Å². The van der Waals surface area contributed by atoms with E-state index >= 15 is 0 Å². The second-order valence-electron chi connectivity index (χ2n) is 5.73. The Bertz CT molecular complexity index is 897. The summed E-state index contributed by atoms with van der Waals surface area (Å²) in [5.41, 5.74) is 1.30. The molecule has 0 spiro atoms. The van der Waals surface area contributed by atoms with Crippen LogP contribution in [0.3, 0.4) is 0 Å². The maximum Gasteiger partial charge on any atom is 0.226 e. The van der Waals surface area contributed by atoms with Gasteiger partial charge in [-0.3, -0.25) is 0 Å². The Hall–Kier alpha value is -2.31. The average molecular weight is 363 g/mol. The Morgan fingerprint density at radius 2 is 1.68 bits per heavy atom. The van der Waals surface area contributed by atoms with Gasteiger partial charge in [0, 0.05) is 37.1 Å². The lowest BCUT2D eigenvalue weighted by Crippen LogP contribution is -2.44. The fraction of sp³-hybridized carbons (Fsp3) is 0.222. The molecular formula is C18H17ClF2N4. The monoisotopic (exact) mass is 362 g/mol. The summed E-state index contributed by atoms with van der Waals surface area (Å²) in [5.74, 6) is -1.21. The first kappa shape index (κ1) is 17.5. The van der Waals surface area contributed by atoms with Crippen molar-refractivity contribution in [1.82, 2.24) is 15.3 Å². The number of aromatic nitrogens is 2. The third kappa shape index (κ3) is 3.27. The average Bonchev–Trinajstić information content (AvgIpc) is 2.64. The summed E-state index contributed by atoms with van der Waals surface area (Å²) in [7, 11) is 0. The van der Waals surface area contributed by atoms with Gasteiger partial charge in [-0.2, -0.15) is 0 Å². The van der Waals surface area contributed by atoms with Crippen LogP contribution >= 0.6 is 12.4 Å². The molecule has 1 aromatic heterocycles. The van der Waals surface area contributed by atoms with Crippen molar-refractivity contribution < 1.29 is 8.78 Å². The normalized spacial score (nSPS) is 14.4. The first-order valence-corrected chi connectivity index (χ1v) is 7.91. The van der Waals surface area contributed by atoms with E-state index < -0.39 is 11.6 Å². The van der Waals surface area contributed by atoms with Crippen LogP contribution in [0.15, 0.2) is 42.5 Å². The summed E-state index contributed by atoms with van der Waals surface area (Å²) < 4.78 is 28.0. The Kier molecular flexibility index (Phi) is 5.11. The van der Waals surface area contributed by atoms with Crippen molar-refractivity contribution in [2.45, 2.75) is 0 Å². The van der Waals surface area contributed by atoms with Crippen molar-refractivity contribution in [3.8, 4) is 11.3 Å². The van der Waals surface area contributed by atoms with Crippen LogP contribution in [0.4, 0.5) is 14.7 Å². The van der Waals surface area contributed by atoms with E-state index in [1.165, 1.54) is 6.07 Å². The minimum Gasteiger partial charge on any atom is -0.338 e. The molecule has 3 aromatic rings. The summed E-state index contributed by atoms with van der Waals surface area (Å²) in [6.45, 7) is 3.26. The van der Waals surface area contributed by atoms with Crippen LogP contribution in [0.5, 0.6) is 0 Å². The van der Waals surface area contributed by atoms with Crippen LogP contribution < -0.4 is 10.2 Å². The van der Waals surface area contributed by atoms with E-state index in [1.54, 1.807) is 6.07 Å². The van der Waals surface area contributed by atoms with Gasteiger partial charge in [-0.1, -0.05) is 24.3 Å². The highest BCUT2D eigenvalue weighted by Crippen LogP contribution is 2.30. The third-order valence-electron chi connectivity index (χ3n) is 4.20. The molecular weight excluding hydrogens is 346 g/mol. The summed E-state index contributed by atoms with van der Waals surface area (Å²) in [4.78, 5) is 11.2. The molecule has 1 N–H and O–H groups in total. The van der Waals surface area contributed by atoms with Crippen molar-refractivity contribution in [1.29, 1.82) is 0 Å². The SMILES string of the molecule is Cl.Fc1cccc(-c2nc(N3CCNCC3)nc3ccccc23)c1F. The smallest absolute Gasteiger partial charge is 0.226 e. The minimum atomic E-state index is -0.882. The Morgan fingerprint density at radius 1 is 0.920 bits per heavy atom. The molecule has 0 unspecified atom stereocenters. The molecule has 7 heteroatoms. The van der Waals surface area contributed by atoms with Gasteiger partial charge in [0.05, 0.1) is 11.2 Å². The molecule has 1 aliphatic rings. The molecule has 0 amide bonds. The lowest BCUT2D eigenvalue weighted by molar-refractivity contribution is 0.511. The molecule has 2 aromatic carbocycles. The number of hydrogen-bond donors (Lipinski definition) is 1. The maximum absolute atomic E-state index is 14.3. The van der Waals surface area contributed by atoms with Crippen LogP contribution in [0.1, 0.15) is 0 Å². The van der Waals surface area contributed by atoms with Gasteiger partial charge in [-0.05, 0) is 18.2 Å². The fourth-order valence-corrected chi connectivity index (χ4v) is 2.96. The van der Waals surface area contributed by atoms with Crippen molar-refractivity contribution in [2.75, 3.05) is 31.1 Å². The number of hydrogen-bond acceptors (Lipinski definition) is 4. The molecule has 0 saturated carbocycles. The predicted molar refractivity (Wildman–Crippen MR) is 97.2 cm³/mol. The van der Waals surface area contributed by atoms with Gasteiger partial charge < -0.3 is 10.2 Å². The van der Waals surface area contributed by atoms with Gasteiger partial charge in [0.1, 0.15) is 0 Å². The van der Waals surface area contributed by atoms with Crippen LogP contribution in [0, 0.1) is 11.6 Å². The van der Waals surface area contributed by atoms with E-state index in [9.17, 15) is 8.78 Å². The fourth-order valence-electron chi connectivity index (χ4n) is 2.96. The van der Waals surface area contributed by atoms with Crippen LogP contribution in [0.2, 0.25) is 0 Å². The number of fused-ring (bicyclic) bond motifs is 1. The summed E-state index contributed by atoms with van der Waals surface area (Å²) >= 11 is 0. The third-order valence-corrected chi connectivity index (χ3v) is 4.20. The summed E-state index contributed by atoms with van der Waals surface area (Å²) in [6.07, 6.45) is 0. The first-order chi connectivity index (χ1) is 11.7. The highest BCUT2D eigenvalue weighted by atomic mass is 35.5. The summed E-state index contributed by atoms with van der Waals surface area (Å²) in [5, 5.41) is 3.99. The molecule has 0 atom stereocenters. The lowest BCUT2D eigenvalue weighted by Gasteiger charge is -2.28. The van der Waals surface area contributed by atoms with E-state index in [1.807, 2.05) is 24.3 Å². The Balaban J connectivity index is 0.00000182. The number of benzene rings is 2. The minimum absolute atomic E-state index is 0. The molecule has 4 nitrogen and oxygen atoms in total. The van der Waals surface area contributed by atoms with E-state index in [0.717, 1.165) is 37.8 Å². The molecule has 2 heterocycles. The number of rotatable bonds is 2. The van der Waals surface area contributed by atoms with Gasteiger partial charge in [0.2, 0.25) is 5.95 Å². The molecule has 25 heavy (non-hydrogen) atoms. The maximum atomic E-state index is 14.3. The number of nitrogens with zero attached hydrogens (tertiary/aromatic N) is 3. The quantitative estimate of drug-likeness (QED) is 0.758. The summed E-state index contributed by atoms with van der Waals surface area (Å²) in [6, 6.07) is 11.6. The Morgan fingerprint density at radius 3 is 2.48 bits per heavy atom. The first-order valence-electron chi connectivity index (χ1n) is 7.91. The molecule has 1 fully saturated rings. The van der Waals surface area contributed by atoms with Crippen molar-refractivity contribution in [3.63, 3.8) is 0 Å². The molecule has 1 saturated heterocycles. The largest absolute Gasteiger partial charge is 0.338 e. The van der Waals surface area contributed by atoms with Crippen molar-refractivity contribution >= 4 is 29.3 Å². The number of piperazine rings is 1. The standard InChI is InChI=1S/C18H16F2N4.ClH/c19-14-6-3-5-13(16(14)20)17-12-4-1-2-7-15(12)22-18(23-17)24-10-8-21-9-11-24;/h1-7,21H,8-11H2;1H. The zero-order valence-electron chi connectivity index (χ0n) is 13.4. The molecule has 4 rings (SSSR count). The van der Waals surface area contributed by atoms with E-state index in [4.69, 9.17) is 0 Å². The molecule has 0 aliphatic carbocycles. The van der Waals surface area contributed by atoms with E-state index in [0.29, 0.717) is 17.0 Å². The van der Waals surface area contributed by atoms with E-state index in [2.05, 4.69) is 20.2 Å². The molecule has 0 bridgehead atoms. The topological polar surface area (TPSA) is 41.1 Å². The van der Waals surface area contributed by atoms with Gasteiger partial charge >= 0.3 is 0 Å². The Labute approximate surface area is 150 Å². The van der Waals surface area contributed by atoms with Gasteiger partial charge in [0.25, 0.3) is 0 Å². The highest BCUT2D eigenvalue weighted by Gasteiger charge is 2.19. The van der Waals surface area contributed by atoms with Gasteiger partial charge in [-0.15, -0.1) is 12.4 Å². The predicted octanol–water partition coefficient (Wildman–Crippen LogP) is 3.41. The van der Waals surface area contributed by atoms with Gasteiger partial charge in [-0.25, -0.2) is 18.7 Å². The number of halogens is 3. The highest BCUT2D eigenvalue weighted by molar-refractivity contribution is 5.93. The zero-order chi connectivity index (χ0) is 16.5. The second kappa shape index (κ2) is 7.29. The molecule has 1 aliphatic heterocycles. The number of nitrogens with one attached hydrogen (secondary N) is 1. The van der Waals surface area contributed by atoms with Crippen molar-refractivity contribution in [2.24, 2.45) is 0 Å². The van der Waals surface area contributed by atoms with E-state index in [-0.39, 0.29) is 18.0 Å². The molecule has 130 valence electrons. The lowest BCUT2D eigenvalue weighted by atomic mass is 10.1. The zero-order valence-corrected chi connectivity index (χ0v) is 14.2. The second-order valence-corrected chi connectivity index (χ2v) is 5.73. The molecule has 0 radical (unpaired) electrons. The number of anilines is 1. The van der Waals surface area contributed by atoms with Crippen LogP contribution in [-0.4, -0.2) is 36.1 Å². The van der Waals surface area contributed by atoms with Crippen LogP contribution in [0.25, 0.3) is 22.2 Å². The van der Waals surface area contributed by atoms with Crippen LogP contribution in [-0.2, 0) is 0 Å².